The molecule has 0 spiro atoms. The van der Waals surface area contributed by atoms with Crippen molar-refractivity contribution in [3.05, 3.63) is 29.8 Å². The Bertz CT molecular complexity index is 618. The van der Waals surface area contributed by atoms with Crippen molar-refractivity contribution in [3.63, 3.8) is 0 Å². The van der Waals surface area contributed by atoms with Crippen LogP contribution in [-0.2, 0) is 4.79 Å². The van der Waals surface area contributed by atoms with Gasteiger partial charge in [-0.1, -0.05) is 0 Å². The van der Waals surface area contributed by atoms with Gasteiger partial charge in [0.2, 0.25) is 0 Å². The second kappa shape index (κ2) is 5.80. The van der Waals surface area contributed by atoms with Gasteiger partial charge in [0.15, 0.2) is 6.61 Å². The van der Waals surface area contributed by atoms with Crippen molar-refractivity contribution < 1.29 is 14.3 Å². The fourth-order valence-electron chi connectivity index (χ4n) is 5.43. The van der Waals surface area contributed by atoms with E-state index in [0.29, 0.717) is 11.3 Å². The number of nitrogens with one attached hydrogen (secondary N) is 1. The molecule has 1 aromatic rings. The summed E-state index contributed by atoms with van der Waals surface area (Å²) < 4.78 is 5.23. The maximum Gasteiger partial charge on any atom is 0.255 e. The summed E-state index contributed by atoms with van der Waals surface area (Å²) in [5.41, 5.74) is 5.71. The van der Waals surface area contributed by atoms with Gasteiger partial charge in [0.05, 0.1) is 0 Å². The Kier molecular flexibility index (Phi) is 3.74. The van der Waals surface area contributed by atoms with Gasteiger partial charge in [-0.3, -0.25) is 9.59 Å². The Labute approximate surface area is 141 Å². The average molecular weight is 328 g/mol. The number of nitrogens with two attached hydrogens (primary N) is 1. The van der Waals surface area contributed by atoms with Crippen LogP contribution in [0.5, 0.6) is 5.75 Å². The van der Waals surface area contributed by atoms with E-state index >= 15 is 0 Å². The van der Waals surface area contributed by atoms with E-state index in [9.17, 15) is 9.59 Å². The number of ether oxygens (including phenoxy) is 1. The fraction of sp³-hybridized carbons (Fsp3) is 0.579. The molecular formula is C19H24N2O3. The molecule has 2 amide bonds. The number of carbonyl (C=O) groups excluding carboxylic acids is 2. The van der Waals surface area contributed by atoms with E-state index in [1.165, 1.54) is 19.3 Å². The summed E-state index contributed by atoms with van der Waals surface area (Å²) in [6.45, 7) is -0.154. The molecule has 24 heavy (non-hydrogen) atoms. The van der Waals surface area contributed by atoms with Gasteiger partial charge < -0.3 is 15.8 Å². The third kappa shape index (κ3) is 2.99. The van der Waals surface area contributed by atoms with Crippen LogP contribution < -0.4 is 15.8 Å². The molecule has 4 aliphatic rings. The molecule has 4 bridgehead atoms. The molecule has 0 saturated heterocycles. The third-order valence-corrected chi connectivity index (χ3v) is 5.91. The van der Waals surface area contributed by atoms with E-state index in [1.54, 1.807) is 24.3 Å². The smallest absolute Gasteiger partial charge is 0.255 e. The van der Waals surface area contributed by atoms with Gasteiger partial charge in [0, 0.05) is 11.1 Å². The first-order chi connectivity index (χ1) is 11.5. The Morgan fingerprint density at radius 2 is 1.58 bits per heavy atom. The van der Waals surface area contributed by atoms with Gasteiger partial charge in [-0.2, -0.15) is 0 Å². The number of hydrogen-bond acceptors (Lipinski definition) is 3. The lowest BCUT2D eigenvalue weighted by Gasteiger charge is -2.56. The molecule has 0 radical (unpaired) electrons. The van der Waals surface area contributed by atoms with E-state index < -0.39 is 5.91 Å². The Balaban J connectivity index is 1.42. The van der Waals surface area contributed by atoms with Crippen LogP contribution in [-0.4, -0.2) is 24.0 Å². The van der Waals surface area contributed by atoms with Crippen molar-refractivity contribution >= 4 is 11.8 Å². The second-order valence-corrected chi connectivity index (χ2v) is 7.93. The summed E-state index contributed by atoms with van der Waals surface area (Å²) >= 11 is 0. The number of primary amides is 1. The molecule has 5 heteroatoms. The van der Waals surface area contributed by atoms with E-state index in [2.05, 4.69) is 5.32 Å². The molecule has 4 saturated carbocycles. The van der Waals surface area contributed by atoms with Crippen LogP contribution in [0.3, 0.4) is 0 Å². The van der Waals surface area contributed by atoms with Crippen molar-refractivity contribution in [2.45, 2.75) is 44.1 Å². The highest BCUT2D eigenvalue weighted by Gasteiger charge is 2.51. The lowest BCUT2D eigenvalue weighted by molar-refractivity contribution is -0.119. The summed E-state index contributed by atoms with van der Waals surface area (Å²) in [7, 11) is 0. The predicted octanol–water partition coefficient (Wildman–Crippen LogP) is 2.25. The van der Waals surface area contributed by atoms with Crippen LogP contribution in [0.4, 0.5) is 0 Å². The molecule has 5 nitrogen and oxygen atoms in total. The Morgan fingerprint density at radius 1 is 1.04 bits per heavy atom. The minimum absolute atomic E-state index is 0.00148. The van der Waals surface area contributed by atoms with Gasteiger partial charge >= 0.3 is 0 Å². The van der Waals surface area contributed by atoms with Crippen molar-refractivity contribution in [3.8, 4) is 5.75 Å². The van der Waals surface area contributed by atoms with Crippen molar-refractivity contribution in [1.29, 1.82) is 0 Å². The maximum absolute atomic E-state index is 12.7. The summed E-state index contributed by atoms with van der Waals surface area (Å²) in [6, 6.07) is 6.90. The van der Waals surface area contributed by atoms with Crippen LogP contribution in [0, 0.1) is 17.8 Å². The molecule has 5 rings (SSSR count). The van der Waals surface area contributed by atoms with Crippen molar-refractivity contribution in [2.24, 2.45) is 23.5 Å². The molecule has 4 aliphatic carbocycles. The quantitative estimate of drug-likeness (QED) is 0.870. The summed E-state index contributed by atoms with van der Waals surface area (Å²) in [5.74, 6) is 2.44. The Hall–Kier alpha value is -2.04. The lowest BCUT2D eigenvalue weighted by Crippen LogP contribution is -2.59. The molecule has 128 valence electrons. The SMILES string of the molecule is NC(=O)COc1ccc(C(=O)NC23CC4CC(CC(C4)C2)C3)cc1. The minimum atomic E-state index is -0.515. The molecule has 4 fully saturated rings. The predicted molar refractivity (Wildman–Crippen MR) is 89.5 cm³/mol. The first-order valence-corrected chi connectivity index (χ1v) is 8.85. The van der Waals surface area contributed by atoms with Crippen LogP contribution in [0.25, 0.3) is 0 Å². The van der Waals surface area contributed by atoms with E-state index in [4.69, 9.17) is 10.5 Å². The number of rotatable bonds is 5. The normalized spacial score (nSPS) is 33.2. The molecule has 3 N–H and O–H groups in total. The van der Waals surface area contributed by atoms with Gasteiger partial charge in [-0.25, -0.2) is 0 Å². The summed E-state index contributed by atoms with van der Waals surface area (Å²) in [6.07, 6.45) is 7.52. The molecule has 0 heterocycles. The molecule has 0 aliphatic heterocycles. The highest BCUT2D eigenvalue weighted by molar-refractivity contribution is 5.94. The van der Waals surface area contributed by atoms with Gasteiger partial charge in [-0.05, 0) is 80.5 Å². The van der Waals surface area contributed by atoms with Crippen LogP contribution in [0.1, 0.15) is 48.9 Å². The zero-order valence-electron chi connectivity index (χ0n) is 13.8. The zero-order chi connectivity index (χ0) is 16.7. The Morgan fingerprint density at radius 3 is 2.08 bits per heavy atom. The van der Waals surface area contributed by atoms with Crippen LogP contribution in [0.15, 0.2) is 24.3 Å². The average Bonchev–Trinajstić information content (AvgIpc) is 2.51. The van der Waals surface area contributed by atoms with Crippen LogP contribution >= 0.6 is 0 Å². The number of carbonyl (C=O) groups is 2. The molecule has 0 atom stereocenters. The topological polar surface area (TPSA) is 81.4 Å². The van der Waals surface area contributed by atoms with E-state index in [0.717, 1.165) is 37.0 Å². The first-order valence-electron chi connectivity index (χ1n) is 8.85. The lowest BCUT2D eigenvalue weighted by atomic mass is 9.53. The number of hydrogen-bond donors (Lipinski definition) is 2. The van der Waals surface area contributed by atoms with Crippen molar-refractivity contribution in [2.75, 3.05) is 6.61 Å². The van der Waals surface area contributed by atoms with Gasteiger partial charge in [-0.15, -0.1) is 0 Å². The van der Waals surface area contributed by atoms with Gasteiger partial charge in [0.1, 0.15) is 5.75 Å². The zero-order valence-corrected chi connectivity index (χ0v) is 13.8. The molecule has 1 aromatic carbocycles. The van der Waals surface area contributed by atoms with Crippen molar-refractivity contribution in [1.82, 2.24) is 5.32 Å². The molecule has 0 aromatic heterocycles. The highest BCUT2D eigenvalue weighted by Crippen LogP contribution is 2.55. The number of benzene rings is 1. The second-order valence-electron chi connectivity index (χ2n) is 7.93. The number of amides is 2. The summed E-state index contributed by atoms with van der Waals surface area (Å²) in [5, 5.41) is 3.36. The standard InChI is InChI=1S/C19H24N2O3/c20-17(22)11-24-16-3-1-15(2-4-16)18(23)21-19-8-12-5-13(9-19)7-14(6-12)10-19/h1-4,12-14H,5-11H2,(H2,20,22)(H,21,23). The fourth-order valence-corrected chi connectivity index (χ4v) is 5.43. The molecule has 0 unspecified atom stereocenters. The van der Waals surface area contributed by atoms with Crippen LogP contribution in [0.2, 0.25) is 0 Å². The summed E-state index contributed by atoms with van der Waals surface area (Å²) in [4.78, 5) is 23.4. The minimum Gasteiger partial charge on any atom is -0.484 e. The van der Waals surface area contributed by atoms with E-state index in [-0.39, 0.29) is 18.1 Å². The maximum atomic E-state index is 12.7. The van der Waals surface area contributed by atoms with Gasteiger partial charge in [0.25, 0.3) is 11.8 Å². The third-order valence-electron chi connectivity index (χ3n) is 5.91. The highest BCUT2D eigenvalue weighted by atomic mass is 16.5. The van der Waals surface area contributed by atoms with E-state index in [1.807, 2.05) is 0 Å². The first kappa shape index (κ1) is 15.5. The monoisotopic (exact) mass is 328 g/mol. The largest absolute Gasteiger partial charge is 0.484 e. The molecular weight excluding hydrogens is 304 g/mol.